The second kappa shape index (κ2) is 5.95. The Balaban J connectivity index is 3.30. The van der Waals surface area contributed by atoms with Crippen LogP contribution < -0.4 is 10.6 Å². The number of nitrogen functional groups attached to an aromatic ring is 1. The SMILES string of the molecule is CCN(CC(C)C#N)c1nc(N)nc(C)c1[N+](=O)[O-]. The molecule has 8 nitrogen and oxygen atoms in total. The van der Waals surface area contributed by atoms with Crippen LogP contribution in [0.1, 0.15) is 19.5 Å². The van der Waals surface area contributed by atoms with Crippen LogP contribution in [0.2, 0.25) is 0 Å². The zero-order chi connectivity index (χ0) is 14.6. The van der Waals surface area contributed by atoms with Crippen molar-refractivity contribution in [1.82, 2.24) is 9.97 Å². The molecule has 1 unspecified atom stereocenters. The monoisotopic (exact) mass is 264 g/mol. The lowest BCUT2D eigenvalue weighted by Crippen LogP contribution is -2.30. The van der Waals surface area contributed by atoms with Gasteiger partial charge in [0.1, 0.15) is 5.69 Å². The van der Waals surface area contributed by atoms with Gasteiger partial charge < -0.3 is 10.6 Å². The largest absolute Gasteiger partial charge is 0.368 e. The Labute approximate surface area is 111 Å². The maximum Gasteiger partial charge on any atom is 0.332 e. The van der Waals surface area contributed by atoms with E-state index in [1.54, 1.807) is 11.8 Å². The summed E-state index contributed by atoms with van der Waals surface area (Å²) in [5, 5.41) is 20.0. The summed E-state index contributed by atoms with van der Waals surface area (Å²) in [6.07, 6.45) is 0. The van der Waals surface area contributed by atoms with Crippen molar-refractivity contribution < 1.29 is 4.92 Å². The molecule has 2 N–H and O–H groups in total. The molecule has 0 spiro atoms. The number of nitrogens with two attached hydrogens (primary N) is 1. The van der Waals surface area contributed by atoms with Gasteiger partial charge in [0.15, 0.2) is 0 Å². The van der Waals surface area contributed by atoms with Crippen molar-refractivity contribution in [3.63, 3.8) is 0 Å². The smallest absolute Gasteiger partial charge is 0.332 e. The predicted octanol–water partition coefficient (Wildman–Crippen LogP) is 1.26. The molecule has 0 amide bonds. The second-order valence-electron chi connectivity index (χ2n) is 4.17. The Morgan fingerprint density at radius 3 is 2.68 bits per heavy atom. The molecule has 0 saturated carbocycles. The molecule has 0 aromatic carbocycles. The molecular formula is C11H16N6O2. The number of aromatic nitrogens is 2. The van der Waals surface area contributed by atoms with Crippen molar-refractivity contribution in [2.75, 3.05) is 23.7 Å². The number of hydrogen-bond donors (Lipinski definition) is 1. The van der Waals surface area contributed by atoms with Gasteiger partial charge in [-0.2, -0.15) is 10.2 Å². The van der Waals surface area contributed by atoms with E-state index in [0.29, 0.717) is 13.1 Å². The number of hydrogen-bond acceptors (Lipinski definition) is 7. The Kier molecular flexibility index (Phi) is 4.58. The molecule has 0 aliphatic carbocycles. The van der Waals surface area contributed by atoms with Crippen molar-refractivity contribution in [2.45, 2.75) is 20.8 Å². The zero-order valence-electron chi connectivity index (χ0n) is 11.1. The van der Waals surface area contributed by atoms with Crippen LogP contribution in [0.15, 0.2) is 0 Å². The van der Waals surface area contributed by atoms with Crippen molar-refractivity contribution in [1.29, 1.82) is 5.26 Å². The van der Waals surface area contributed by atoms with Gasteiger partial charge >= 0.3 is 5.69 Å². The van der Waals surface area contributed by atoms with E-state index in [9.17, 15) is 10.1 Å². The van der Waals surface area contributed by atoms with Crippen LogP contribution in [-0.4, -0.2) is 28.0 Å². The topological polar surface area (TPSA) is 122 Å². The van der Waals surface area contributed by atoms with Gasteiger partial charge in [0.25, 0.3) is 0 Å². The van der Waals surface area contributed by atoms with Crippen LogP contribution in [0.5, 0.6) is 0 Å². The Hall–Kier alpha value is -2.43. The number of aryl methyl sites for hydroxylation is 1. The number of nitriles is 1. The minimum Gasteiger partial charge on any atom is -0.368 e. The minimum absolute atomic E-state index is 0.0128. The summed E-state index contributed by atoms with van der Waals surface area (Å²) in [6, 6.07) is 2.09. The van der Waals surface area contributed by atoms with Gasteiger partial charge in [0, 0.05) is 13.1 Å². The predicted molar refractivity (Wildman–Crippen MR) is 70.5 cm³/mol. The molecule has 1 atom stereocenters. The van der Waals surface area contributed by atoms with E-state index in [4.69, 9.17) is 11.0 Å². The molecule has 1 aromatic rings. The second-order valence-corrected chi connectivity index (χ2v) is 4.17. The molecule has 1 aromatic heterocycles. The summed E-state index contributed by atoms with van der Waals surface area (Å²) in [4.78, 5) is 20.0. The first kappa shape index (κ1) is 14.6. The van der Waals surface area contributed by atoms with E-state index in [-0.39, 0.29) is 29.1 Å². The third-order valence-corrected chi connectivity index (χ3v) is 2.64. The van der Waals surface area contributed by atoms with Crippen LogP contribution in [0.3, 0.4) is 0 Å². The Morgan fingerprint density at radius 1 is 1.58 bits per heavy atom. The van der Waals surface area contributed by atoms with Crippen LogP contribution >= 0.6 is 0 Å². The highest BCUT2D eigenvalue weighted by atomic mass is 16.6. The summed E-state index contributed by atoms with van der Waals surface area (Å²) in [5.74, 6) is -0.114. The molecular weight excluding hydrogens is 248 g/mol. The highest BCUT2D eigenvalue weighted by Gasteiger charge is 2.26. The van der Waals surface area contributed by atoms with Crippen molar-refractivity contribution in [3.05, 3.63) is 15.8 Å². The molecule has 0 bridgehead atoms. The number of rotatable bonds is 5. The van der Waals surface area contributed by atoms with Gasteiger partial charge in [0.2, 0.25) is 11.8 Å². The van der Waals surface area contributed by atoms with E-state index in [0.717, 1.165) is 0 Å². The fraction of sp³-hybridized carbons (Fsp3) is 0.545. The lowest BCUT2D eigenvalue weighted by molar-refractivity contribution is -0.385. The van der Waals surface area contributed by atoms with Crippen LogP contribution in [-0.2, 0) is 0 Å². The van der Waals surface area contributed by atoms with Gasteiger partial charge in [0.05, 0.1) is 16.9 Å². The van der Waals surface area contributed by atoms with E-state index < -0.39 is 4.92 Å². The highest BCUT2D eigenvalue weighted by molar-refractivity contribution is 5.62. The standard InChI is InChI=1S/C11H16N6O2/c1-4-16(6-7(2)5-12)10-9(17(18)19)8(3)14-11(13)15-10/h7H,4,6H2,1-3H3,(H2,13,14,15). The van der Waals surface area contributed by atoms with E-state index >= 15 is 0 Å². The van der Waals surface area contributed by atoms with Crippen LogP contribution in [0.25, 0.3) is 0 Å². The van der Waals surface area contributed by atoms with Crippen molar-refractivity contribution >= 4 is 17.5 Å². The summed E-state index contributed by atoms with van der Waals surface area (Å²) in [5.41, 5.74) is 5.60. The first-order valence-electron chi connectivity index (χ1n) is 5.83. The molecule has 8 heteroatoms. The molecule has 0 radical (unpaired) electrons. The first-order chi connectivity index (χ1) is 8.90. The van der Waals surface area contributed by atoms with Gasteiger partial charge in [-0.3, -0.25) is 10.1 Å². The van der Waals surface area contributed by atoms with E-state index in [1.165, 1.54) is 6.92 Å². The lowest BCUT2D eigenvalue weighted by atomic mass is 10.2. The zero-order valence-corrected chi connectivity index (χ0v) is 11.1. The van der Waals surface area contributed by atoms with Gasteiger partial charge in [-0.05, 0) is 20.8 Å². The third-order valence-electron chi connectivity index (χ3n) is 2.64. The van der Waals surface area contributed by atoms with Crippen LogP contribution in [0.4, 0.5) is 17.5 Å². The molecule has 19 heavy (non-hydrogen) atoms. The summed E-state index contributed by atoms with van der Waals surface area (Å²) in [7, 11) is 0. The number of nitrogens with zero attached hydrogens (tertiary/aromatic N) is 5. The average molecular weight is 264 g/mol. The van der Waals surface area contributed by atoms with Crippen molar-refractivity contribution in [3.8, 4) is 6.07 Å². The van der Waals surface area contributed by atoms with Gasteiger partial charge in [-0.15, -0.1) is 0 Å². The Bertz CT molecular complexity index is 525. The molecule has 1 rings (SSSR count). The maximum absolute atomic E-state index is 11.1. The molecule has 0 fully saturated rings. The lowest BCUT2D eigenvalue weighted by Gasteiger charge is -2.23. The highest BCUT2D eigenvalue weighted by Crippen LogP contribution is 2.29. The molecule has 0 aliphatic heterocycles. The number of nitro groups is 1. The van der Waals surface area contributed by atoms with Gasteiger partial charge in [-0.25, -0.2) is 4.98 Å². The molecule has 102 valence electrons. The fourth-order valence-corrected chi connectivity index (χ4v) is 1.74. The fourth-order valence-electron chi connectivity index (χ4n) is 1.74. The normalized spacial score (nSPS) is 11.7. The molecule has 1 heterocycles. The maximum atomic E-state index is 11.1. The molecule has 0 aliphatic rings. The summed E-state index contributed by atoms with van der Waals surface area (Å²) < 4.78 is 0. The summed E-state index contributed by atoms with van der Waals surface area (Å²) >= 11 is 0. The number of anilines is 2. The van der Waals surface area contributed by atoms with Crippen molar-refractivity contribution in [2.24, 2.45) is 5.92 Å². The van der Waals surface area contributed by atoms with Gasteiger partial charge in [-0.1, -0.05) is 0 Å². The van der Waals surface area contributed by atoms with E-state index in [1.807, 2.05) is 6.92 Å². The average Bonchev–Trinajstić information content (AvgIpc) is 2.33. The quantitative estimate of drug-likeness (QED) is 0.627. The first-order valence-corrected chi connectivity index (χ1v) is 5.83. The third kappa shape index (κ3) is 3.28. The summed E-state index contributed by atoms with van der Waals surface area (Å²) in [6.45, 7) is 5.93. The molecule has 0 saturated heterocycles. The van der Waals surface area contributed by atoms with Crippen LogP contribution in [0, 0.1) is 34.3 Å². The van der Waals surface area contributed by atoms with E-state index in [2.05, 4.69) is 16.0 Å². The minimum atomic E-state index is -0.524. The Morgan fingerprint density at radius 2 is 2.21 bits per heavy atom.